The van der Waals surface area contributed by atoms with Crippen LogP contribution in [0.2, 0.25) is 5.02 Å². The summed E-state index contributed by atoms with van der Waals surface area (Å²) in [6.45, 7) is 2.88. The van der Waals surface area contributed by atoms with Crippen molar-refractivity contribution in [1.82, 2.24) is 9.99 Å². The molecule has 4 nitrogen and oxygen atoms in total. The highest BCUT2D eigenvalue weighted by Gasteiger charge is 2.01. The molecule has 3 rings (SSSR count). The highest BCUT2D eigenvalue weighted by Crippen LogP contribution is 2.14. The number of anilines is 1. The predicted molar refractivity (Wildman–Crippen MR) is 113 cm³/mol. The molecule has 0 spiro atoms. The van der Waals surface area contributed by atoms with Crippen LogP contribution >= 0.6 is 23.8 Å². The van der Waals surface area contributed by atoms with Crippen LogP contribution in [0.25, 0.3) is 0 Å². The second-order valence-corrected chi connectivity index (χ2v) is 6.73. The van der Waals surface area contributed by atoms with E-state index >= 15 is 0 Å². The largest absolute Gasteiger partial charge is 0.342 e. The summed E-state index contributed by atoms with van der Waals surface area (Å²) in [5.74, 6) is 0. The molecule has 2 aromatic carbocycles. The number of nitrogens with one attached hydrogen (secondary N) is 2. The molecule has 0 aliphatic carbocycles. The van der Waals surface area contributed by atoms with Crippen molar-refractivity contribution in [3.8, 4) is 0 Å². The number of nitrogens with zero attached hydrogens (tertiary/aromatic N) is 2. The van der Waals surface area contributed by atoms with E-state index in [0.717, 1.165) is 17.9 Å². The van der Waals surface area contributed by atoms with Crippen LogP contribution in [0.1, 0.15) is 16.8 Å². The summed E-state index contributed by atoms with van der Waals surface area (Å²) in [7, 11) is 0. The summed E-state index contributed by atoms with van der Waals surface area (Å²) in [4.78, 5) is 0. The minimum absolute atomic E-state index is 0.403. The van der Waals surface area contributed by atoms with Gasteiger partial charge in [0.1, 0.15) is 0 Å². The Morgan fingerprint density at radius 1 is 1.15 bits per heavy atom. The summed E-state index contributed by atoms with van der Waals surface area (Å²) < 4.78 is 2.13. The molecule has 0 saturated heterocycles. The van der Waals surface area contributed by atoms with Gasteiger partial charge in [0.25, 0.3) is 0 Å². The molecule has 0 amide bonds. The lowest BCUT2D eigenvalue weighted by molar-refractivity contribution is 0.798. The minimum Gasteiger partial charge on any atom is -0.342 e. The molecule has 6 heteroatoms. The van der Waals surface area contributed by atoms with Gasteiger partial charge in [0.05, 0.1) is 11.9 Å². The smallest absolute Gasteiger partial charge is 0.191 e. The second kappa shape index (κ2) is 8.65. The molecular weight excluding hydrogens is 364 g/mol. The summed E-state index contributed by atoms with van der Waals surface area (Å²) in [5, 5.41) is 8.31. The zero-order valence-electron chi connectivity index (χ0n) is 14.3. The Morgan fingerprint density at radius 2 is 1.96 bits per heavy atom. The molecule has 0 aliphatic heterocycles. The van der Waals surface area contributed by atoms with Crippen molar-refractivity contribution >= 4 is 40.8 Å². The quantitative estimate of drug-likeness (QED) is 0.377. The Labute approximate surface area is 163 Å². The summed E-state index contributed by atoms with van der Waals surface area (Å²) in [5.41, 5.74) is 7.12. The monoisotopic (exact) mass is 382 g/mol. The Morgan fingerprint density at radius 3 is 2.73 bits per heavy atom. The molecule has 26 heavy (non-hydrogen) atoms. The van der Waals surface area contributed by atoms with E-state index in [4.69, 9.17) is 23.8 Å². The summed E-state index contributed by atoms with van der Waals surface area (Å²) in [6.07, 6.45) is 3.78. The van der Waals surface area contributed by atoms with Crippen LogP contribution in [-0.4, -0.2) is 15.9 Å². The van der Waals surface area contributed by atoms with Crippen LogP contribution in [0.15, 0.2) is 72.0 Å². The lowest BCUT2D eigenvalue weighted by Crippen LogP contribution is -2.24. The van der Waals surface area contributed by atoms with Crippen molar-refractivity contribution in [2.24, 2.45) is 5.10 Å². The van der Waals surface area contributed by atoms with Crippen LogP contribution in [-0.2, 0) is 6.54 Å². The number of aromatic nitrogens is 1. The lowest BCUT2D eigenvalue weighted by atomic mass is 10.1. The van der Waals surface area contributed by atoms with E-state index < -0.39 is 0 Å². The SMILES string of the molecule is Cc1ccc(Cn2cccc2/C=N\NC(=S)Nc2cccc(Cl)c2)cc1. The van der Waals surface area contributed by atoms with Crippen molar-refractivity contribution in [2.45, 2.75) is 13.5 Å². The van der Waals surface area contributed by atoms with Crippen LogP contribution in [0.5, 0.6) is 0 Å². The van der Waals surface area contributed by atoms with Gasteiger partial charge in [-0.1, -0.05) is 47.5 Å². The molecule has 2 N–H and O–H groups in total. The van der Waals surface area contributed by atoms with Gasteiger partial charge in [0, 0.05) is 23.5 Å². The van der Waals surface area contributed by atoms with Gasteiger partial charge in [-0.2, -0.15) is 5.10 Å². The molecule has 0 unspecified atom stereocenters. The number of aryl methyl sites for hydroxylation is 1. The normalized spacial score (nSPS) is 10.8. The van der Waals surface area contributed by atoms with E-state index in [1.807, 2.05) is 36.5 Å². The fourth-order valence-corrected chi connectivity index (χ4v) is 2.82. The molecular formula is C20H19ClN4S. The van der Waals surface area contributed by atoms with Gasteiger partial charge in [-0.25, -0.2) is 0 Å². The molecule has 3 aromatic rings. The van der Waals surface area contributed by atoms with Crippen molar-refractivity contribution in [1.29, 1.82) is 0 Å². The Bertz CT molecular complexity index is 916. The Kier molecular flexibility index (Phi) is 6.04. The van der Waals surface area contributed by atoms with E-state index in [0.29, 0.717) is 10.1 Å². The first-order chi connectivity index (χ1) is 12.6. The van der Waals surface area contributed by atoms with Gasteiger partial charge in [0.15, 0.2) is 5.11 Å². The number of rotatable bonds is 5. The first-order valence-electron chi connectivity index (χ1n) is 8.16. The van der Waals surface area contributed by atoms with Crippen molar-refractivity contribution in [2.75, 3.05) is 5.32 Å². The van der Waals surface area contributed by atoms with Crippen LogP contribution in [0, 0.1) is 6.92 Å². The molecule has 0 aliphatic rings. The van der Waals surface area contributed by atoms with Gasteiger partial charge in [-0.05, 0) is 55.0 Å². The molecule has 1 heterocycles. The van der Waals surface area contributed by atoms with Gasteiger partial charge in [0.2, 0.25) is 0 Å². The Hall–Kier alpha value is -2.63. The fourth-order valence-electron chi connectivity index (χ4n) is 2.46. The fraction of sp³-hybridized carbons (Fsp3) is 0.100. The molecule has 0 bridgehead atoms. The van der Waals surface area contributed by atoms with E-state index in [1.54, 1.807) is 12.3 Å². The van der Waals surface area contributed by atoms with Gasteiger partial charge < -0.3 is 9.88 Å². The third kappa shape index (κ3) is 5.18. The number of benzene rings is 2. The zero-order valence-corrected chi connectivity index (χ0v) is 15.9. The number of halogens is 1. The highest BCUT2D eigenvalue weighted by atomic mass is 35.5. The van der Waals surface area contributed by atoms with Crippen molar-refractivity contribution in [3.05, 3.63) is 88.7 Å². The first-order valence-corrected chi connectivity index (χ1v) is 8.95. The standard InChI is InChI=1S/C20H19ClN4S/c1-15-7-9-16(10-8-15)14-25-11-3-6-19(25)13-22-24-20(26)23-18-5-2-4-17(21)12-18/h2-13H,14H2,1H3,(H2,23,24,26)/b22-13-. The average molecular weight is 383 g/mol. The maximum atomic E-state index is 5.96. The Balaban J connectivity index is 1.58. The van der Waals surface area contributed by atoms with Crippen molar-refractivity contribution in [3.63, 3.8) is 0 Å². The van der Waals surface area contributed by atoms with Gasteiger partial charge in [-0.3, -0.25) is 5.43 Å². The molecule has 1 aromatic heterocycles. The minimum atomic E-state index is 0.403. The molecule has 0 fully saturated rings. The number of thiocarbonyl (C=S) groups is 1. The number of hydrazone groups is 1. The van der Waals surface area contributed by atoms with E-state index in [2.05, 4.69) is 51.6 Å². The molecule has 0 saturated carbocycles. The summed E-state index contributed by atoms with van der Waals surface area (Å²) in [6, 6.07) is 19.9. The van der Waals surface area contributed by atoms with Crippen LogP contribution < -0.4 is 10.7 Å². The van der Waals surface area contributed by atoms with Gasteiger partial charge >= 0.3 is 0 Å². The molecule has 0 atom stereocenters. The third-order valence-corrected chi connectivity index (χ3v) is 4.21. The van der Waals surface area contributed by atoms with Crippen LogP contribution in [0.4, 0.5) is 5.69 Å². The lowest BCUT2D eigenvalue weighted by Gasteiger charge is -2.08. The topological polar surface area (TPSA) is 41.4 Å². The van der Waals surface area contributed by atoms with E-state index in [9.17, 15) is 0 Å². The maximum absolute atomic E-state index is 5.96. The van der Waals surface area contributed by atoms with Gasteiger partial charge in [-0.15, -0.1) is 0 Å². The third-order valence-electron chi connectivity index (χ3n) is 3.78. The molecule has 132 valence electrons. The number of hydrogen-bond acceptors (Lipinski definition) is 2. The van der Waals surface area contributed by atoms with Crippen molar-refractivity contribution < 1.29 is 0 Å². The van der Waals surface area contributed by atoms with E-state index in [-0.39, 0.29) is 0 Å². The molecule has 0 radical (unpaired) electrons. The second-order valence-electron chi connectivity index (χ2n) is 5.88. The number of hydrogen-bond donors (Lipinski definition) is 2. The zero-order chi connectivity index (χ0) is 18.4. The maximum Gasteiger partial charge on any atom is 0.191 e. The summed E-state index contributed by atoms with van der Waals surface area (Å²) >= 11 is 11.2. The predicted octanol–water partition coefficient (Wildman–Crippen LogP) is 4.82. The first kappa shape index (κ1) is 18.2. The average Bonchev–Trinajstić information content (AvgIpc) is 3.04. The highest BCUT2D eigenvalue weighted by molar-refractivity contribution is 7.80. The van der Waals surface area contributed by atoms with E-state index in [1.165, 1.54) is 11.1 Å². The van der Waals surface area contributed by atoms with Crippen LogP contribution in [0.3, 0.4) is 0 Å².